The van der Waals surface area contributed by atoms with Crippen LogP contribution in [0.15, 0.2) is 97.3 Å². The molecule has 0 saturated carbocycles. The molecule has 276 valence electrons. The fourth-order valence-electron chi connectivity index (χ4n) is 7.24. The Labute approximate surface area is 316 Å². The molecule has 3 aromatic heterocycles. The molecular weight excluding hydrogens is 653 g/mol. The zero-order chi connectivity index (χ0) is 36.8. The molecule has 6 rings (SSSR count). The van der Waals surface area contributed by atoms with Gasteiger partial charge in [0.25, 0.3) is 5.91 Å². The zero-order valence-corrected chi connectivity index (χ0v) is 32.0. The zero-order valence-electron chi connectivity index (χ0n) is 32.0. The molecule has 7 heteroatoms. The molecule has 2 aromatic carbocycles. The first-order valence-electron chi connectivity index (χ1n) is 19.8. The maximum atomic E-state index is 14.0. The van der Waals surface area contributed by atoms with Gasteiger partial charge >= 0.3 is 0 Å². The van der Waals surface area contributed by atoms with Gasteiger partial charge in [-0.1, -0.05) is 106 Å². The molecule has 0 atom stereocenters. The van der Waals surface area contributed by atoms with Gasteiger partial charge in [-0.3, -0.25) is 14.7 Å². The second-order valence-corrected chi connectivity index (χ2v) is 14.5. The molecule has 5 aromatic rings. The Morgan fingerprint density at radius 1 is 0.830 bits per heavy atom. The lowest BCUT2D eigenvalue weighted by atomic mass is 10.00. The van der Waals surface area contributed by atoms with Gasteiger partial charge in [0.1, 0.15) is 11.3 Å². The largest absolute Gasteiger partial charge is 0.335 e. The summed E-state index contributed by atoms with van der Waals surface area (Å²) in [5.74, 6) is 1.01. The van der Waals surface area contributed by atoms with Gasteiger partial charge in [-0.15, -0.1) is 0 Å². The molecule has 53 heavy (non-hydrogen) atoms. The van der Waals surface area contributed by atoms with E-state index in [1.807, 2.05) is 30.0 Å². The number of amides is 1. The van der Waals surface area contributed by atoms with Crippen molar-refractivity contribution in [3.63, 3.8) is 0 Å². The molecular formula is C46H56N6O. The second kappa shape index (κ2) is 19.3. The lowest BCUT2D eigenvalue weighted by Crippen LogP contribution is -2.32. The minimum atomic E-state index is 0.0655. The van der Waals surface area contributed by atoms with Crippen LogP contribution in [0, 0.1) is 13.8 Å². The number of hydrogen-bond acceptors (Lipinski definition) is 5. The van der Waals surface area contributed by atoms with Crippen molar-refractivity contribution in [2.45, 2.75) is 85.1 Å². The average Bonchev–Trinajstić information content (AvgIpc) is 3.82. The smallest absolute Gasteiger partial charge is 0.254 e. The summed E-state index contributed by atoms with van der Waals surface area (Å²) in [6.45, 7) is 11.6. The van der Waals surface area contributed by atoms with Crippen LogP contribution in [0.5, 0.6) is 0 Å². The highest BCUT2D eigenvalue weighted by Gasteiger charge is 2.16. The van der Waals surface area contributed by atoms with Crippen LogP contribution < -0.4 is 0 Å². The van der Waals surface area contributed by atoms with Gasteiger partial charge in [0.2, 0.25) is 0 Å². The van der Waals surface area contributed by atoms with Gasteiger partial charge in [-0.05, 0) is 93.7 Å². The van der Waals surface area contributed by atoms with Crippen LogP contribution in [0.2, 0.25) is 0 Å². The van der Waals surface area contributed by atoms with Gasteiger partial charge in [-0.2, -0.15) is 0 Å². The van der Waals surface area contributed by atoms with Crippen molar-refractivity contribution in [2.75, 3.05) is 32.7 Å². The molecule has 1 aliphatic rings. The van der Waals surface area contributed by atoms with E-state index in [0.29, 0.717) is 18.7 Å². The van der Waals surface area contributed by atoms with Crippen molar-refractivity contribution < 1.29 is 4.79 Å². The fraction of sp³-hybridized carbons (Fsp3) is 0.391. The van der Waals surface area contributed by atoms with E-state index >= 15 is 0 Å². The van der Waals surface area contributed by atoms with E-state index in [4.69, 9.17) is 4.98 Å². The number of hydrogen-bond donors (Lipinski definition) is 0. The molecule has 0 bridgehead atoms. The summed E-state index contributed by atoms with van der Waals surface area (Å²) in [6, 6.07) is 25.1. The van der Waals surface area contributed by atoms with Gasteiger partial charge in [0.15, 0.2) is 0 Å². The van der Waals surface area contributed by atoms with Crippen molar-refractivity contribution in [3.05, 3.63) is 137 Å². The van der Waals surface area contributed by atoms with Gasteiger partial charge < -0.3 is 9.47 Å². The molecule has 0 spiro atoms. The third-order valence-corrected chi connectivity index (χ3v) is 10.4. The summed E-state index contributed by atoms with van der Waals surface area (Å²) in [5.41, 5.74) is 9.28. The van der Waals surface area contributed by atoms with Crippen LogP contribution in [0.4, 0.5) is 0 Å². The van der Waals surface area contributed by atoms with Gasteiger partial charge in [0.05, 0.1) is 23.1 Å². The molecule has 0 N–H and O–H groups in total. The molecule has 7 nitrogen and oxygen atoms in total. The number of carbonyl (C=O) groups excluding carboxylic acids is 1. The lowest BCUT2D eigenvalue weighted by Gasteiger charge is -2.22. The topological polar surface area (TPSA) is 67.2 Å². The fourth-order valence-corrected chi connectivity index (χ4v) is 7.24. The Hall–Kier alpha value is -4.88. The van der Waals surface area contributed by atoms with E-state index in [1.54, 1.807) is 12.4 Å². The number of pyridine rings is 2. The van der Waals surface area contributed by atoms with Crippen LogP contribution in [-0.4, -0.2) is 67.9 Å². The third kappa shape index (κ3) is 10.6. The van der Waals surface area contributed by atoms with Crippen molar-refractivity contribution in [2.24, 2.45) is 0 Å². The molecule has 0 unspecified atom stereocenters. The SMILES string of the molecule is CCCCCCCCCN(C/C=C/c1cccc(/C(=C/CN2CCCC2)c2ccc(C)cc2)n1)C(=O)c1ccc(Cn2c(C)nc3cnccc32)cc1. The van der Waals surface area contributed by atoms with Crippen molar-refractivity contribution >= 4 is 28.6 Å². The number of likely N-dealkylation sites (tertiary alicyclic amines) is 1. The quantitative estimate of drug-likeness (QED) is 0.0848. The first-order valence-corrected chi connectivity index (χ1v) is 19.8. The summed E-state index contributed by atoms with van der Waals surface area (Å²) in [6.07, 6.45) is 21.1. The van der Waals surface area contributed by atoms with E-state index < -0.39 is 0 Å². The number of unbranched alkanes of at least 4 members (excludes halogenated alkanes) is 6. The molecule has 0 radical (unpaired) electrons. The van der Waals surface area contributed by atoms with Gasteiger partial charge in [-0.25, -0.2) is 9.97 Å². The summed E-state index contributed by atoms with van der Waals surface area (Å²) in [5, 5.41) is 0. The van der Waals surface area contributed by atoms with Crippen LogP contribution in [0.3, 0.4) is 0 Å². The van der Waals surface area contributed by atoms with Crippen LogP contribution in [0.25, 0.3) is 22.7 Å². The second-order valence-electron chi connectivity index (χ2n) is 14.5. The monoisotopic (exact) mass is 708 g/mol. The first-order chi connectivity index (χ1) is 26.0. The number of benzene rings is 2. The number of nitrogens with zero attached hydrogens (tertiary/aromatic N) is 6. The van der Waals surface area contributed by atoms with E-state index in [9.17, 15) is 4.79 Å². The van der Waals surface area contributed by atoms with E-state index in [1.165, 1.54) is 61.6 Å². The Kier molecular flexibility index (Phi) is 13.8. The van der Waals surface area contributed by atoms with E-state index in [0.717, 1.165) is 72.8 Å². The molecule has 1 aliphatic heterocycles. The number of fused-ring (bicyclic) bond motifs is 1. The number of aromatic nitrogens is 4. The highest BCUT2D eigenvalue weighted by Crippen LogP contribution is 2.24. The van der Waals surface area contributed by atoms with Crippen molar-refractivity contribution in [3.8, 4) is 0 Å². The maximum absolute atomic E-state index is 14.0. The van der Waals surface area contributed by atoms with Gasteiger partial charge in [0, 0.05) is 43.5 Å². The van der Waals surface area contributed by atoms with Crippen molar-refractivity contribution in [1.29, 1.82) is 0 Å². The van der Waals surface area contributed by atoms with E-state index in [-0.39, 0.29) is 5.91 Å². The predicted molar refractivity (Wildman–Crippen MR) is 219 cm³/mol. The third-order valence-electron chi connectivity index (χ3n) is 10.4. The lowest BCUT2D eigenvalue weighted by molar-refractivity contribution is 0.0771. The normalized spacial score (nSPS) is 13.8. The Morgan fingerprint density at radius 2 is 1.57 bits per heavy atom. The summed E-state index contributed by atoms with van der Waals surface area (Å²) in [7, 11) is 0. The minimum Gasteiger partial charge on any atom is -0.335 e. The maximum Gasteiger partial charge on any atom is 0.254 e. The number of carbonyl (C=O) groups is 1. The predicted octanol–water partition coefficient (Wildman–Crippen LogP) is 9.93. The molecule has 4 heterocycles. The molecule has 1 amide bonds. The Balaban J connectivity index is 1.15. The Bertz CT molecular complexity index is 1970. The minimum absolute atomic E-state index is 0.0655. The van der Waals surface area contributed by atoms with Crippen LogP contribution in [0.1, 0.15) is 109 Å². The summed E-state index contributed by atoms with van der Waals surface area (Å²) >= 11 is 0. The van der Waals surface area contributed by atoms with Crippen LogP contribution in [-0.2, 0) is 6.54 Å². The summed E-state index contributed by atoms with van der Waals surface area (Å²) in [4.78, 5) is 32.5. The number of rotatable bonds is 18. The average molecular weight is 709 g/mol. The standard InChI is InChI=1S/C46H56N6O/c1-4-5-6-7-8-9-10-31-51(46(53)40-24-20-38(21-25-40)35-52-37(3)48-44-34-47-28-26-45(44)52)32-14-16-41-15-13-17-43(49-41)42(27-33-50-29-11-12-30-50)39-22-18-36(2)19-23-39/h13-28,34H,4-12,29-33,35H2,1-3H3/b16-14+,42-27+. The summed E-state index contributed by atoms with van der Waals surface area (Å²) < 4.78 is 2.20. The molecule has 1 saturated heterocycles. The number of imidazole rings is 1. The Morgan fingerprint density at radius 3 is 2.34 bits per heavy atom. The number of aryl methyl sites for hydroxylation is 2. The highest BCUT2D eigenvalue weighted by molar-refractivity contribution is 5.94. The van der Waals surface area contributed by atoms with Crippen molar-refractivity contribution in [1.82, 2.24) is 29.3 Å². The first kappa shape index (κ1) is 37.9. The highest BCUT2D eigenvalue weighted by atomic mass is 16.2. The molecule has 1 fully saturated rings. The van der Waals surface area contributed by atoms with Crippen LogP contribution >= 0.6 is 0 Å². The molecule has 0 aliphatic carbocycles. The van der Waals surface area contributed by atoms with E-state index in [2.05, 4.69) is 106 Å².